The maximum atomic E-state index is 12.4. The van der Waals surface area contributed by atoms with E-state index >= 15 is 0 Å². The van der Waals surface area contributed by atoms with E-state index in [2.05, 4.69) is 41.4 Å². The van der Waals surface area contributed by atoms with Gasteiger partial charge in [-0.1, -0.05) is 15.9 Å². The van der Waals surface area contributed by atoms with Crippen LogP contribution < -0.4 is 21.5 Å². The van der Waals surface area contributed by atoms with E-state index in [9.17, 15) is 20.1 Å². The fourth-order valence-corrected chi connectivity index (χ4v) is 3.86. The number of anilines is 2. The van der Waals surface area contributed by atoms with E-state index in [0.717, 1.165) is 4.47 Å². The van der Waals surface area contributed by atoms with E-state index in [1.807, 2.05) is 13.0 Å². The van der Waals surface area contributed by atoms with Crippen LogP contribution in [0.3, 0.4) is 0 Å². The number of fused-ring (bicyclic) bond motifs is 1. The summed E-state index contributed by atoms with van der Waals surface area (Å²) in [6, 6.07) is 5.42. The van der Waals surface area contributed by atoms with E-state index in [-0.39, 0.29) is 23.1 Å². The molecule has 3 aromatic rings. The summed E-state index contributed by atoms with van der Waals surface area (Å²) < 4.78 is 13.3. The first-order valence-electron chi connectivity index (χ1n) is 9.95. The van der Waals surface area contributed by atoms with Crippen molar-refractivity contribution in [3.63, 3.8) is 0 Å². The maximum Gasteiger partial charge on any atom is 0.280 e. The fraction of sp³-hybridized carbons (Fsp3) is 0.368. The molecule has 7 N–H and O–H groups in total. The van der Waals surface area contributed by atoms with E-state index in [4.69, 9.17) is 15.2 Å². The number of ether oxygens (including phenoxy) is 2. The predicted molar refractivity (Wildman–Crippen MR) is 122 cm³/mol. The number of H-pyrrole nitrogens is 1. The third-order valence-electron chi connectivity index (χ3n) is 4.98. The van der Waals surface area contributed by atoms with E-state index < -0.39 is 36.7 Å². The summed E-state index contributed by atoms with van der Waals surface area (Å²) in [5.41, 5.74) is 8.36. The second-order valence-corrected chi connectivity index (χ2v) is 8.06. The van der Waals surface area contributed by atoms with Crippen LogP contribution in [0.4, 0.5) is 11.9 Å². The fourth-order valence-electron chi connectivity index (χ4n) is 3.48. The van der Waals surface area contributed by atoms with Crippen LogP contribution in [0, 0.1) is 0 Å². The molecule has 1 aromatic carbocycles. The minimum Gasteiger partial charge on any atom is -0.493 e. The number of aromatic nitrogens is 4. The number of hydrogen-bond acceptors (Lipinski definition) is 11. The second-order valence-electron chi connectivity index (χ2n) is 7.14. The maximum absolute atomic E-state index is 12.4. The van der Waals surface area contributed by atoms with E-state index in [0.29, 0.717) is 17.9 Å². The molecule has 4 atom stereocenters. The van der Waals surface area contributed by atoms with Gasteiger partial charge in [0.1, 0.15) is 24.1 Å². The highest BCUT2D eigenvalue weighted by atomic mass is 79.9. The van der Waals surface area contributed by atoms with Gasteiger partial charge >= 0.3 is 0 Å². The van der Waals surface area contributed by atoms with Crippen molar-refractivity contribution in [1.82, 2.24) is 19.5 Å². The summed E-state index contributed by atoms with van der Waals surface area (Å²) in [6.45, 7) is 1.80. The monoisotopic (exact) mass is 523 g/mol. The Morgan fingerprint density at radius 3 is 2.88 bits per heavy atom. The number of nitrogens with zero attached hydrogens (tertiary/aromatic N) is 4. The lowest BCUT2D eigenvalue weighted by Crippen LogP contribution is -2.33. The third-order valence-corrected chi connectivity index (χ3v) is 5.47. The third kappa shape index (κ3) is 4.43. The molecule has 13 nitrogen and oxygen atoms in total. The number of benzene rings is 1. The van der Waals surface area contributed by atoms with Gasteiger partial charge in [0.25, 0.3) is 5.56 Å². The number of rotatable bonds is 7. The summed E-state index contributed by atoms with van der Waals surface area (Å²) in [5.74, 6) is 0.424. The molecule has 0 bridgehead atoms. The van der Waals surface area contributed by atoms with E-state index in [1.54, 1.807) is 12.1 Å². The van der Waals surface area contributed by atoms with Gasteiger partial charge in [-0.3, -0.25) is 14.3 Å². The number of hydrazone groups is 1. The van der Waals surface area contributed by atoms with Gasteiger partial charge in [0.15, 0.2) is 17.4 Å². The molecule has 2 aromatic heterocycles. The van der Waals surface area contributed by atoms with Crippen molar-refractivity contribution in [2.24, 2.45) is 5.10 Å². The Morgan fingerprint density at radius 2 is 2.18 bits per heavy atom. The average Bonchev–Trinajstić information content (AvgIpc) is 3.27. The number of aromatic amines is 1. The zero-order valence-corrected chi connectivity index (χ0v) is 18.9. The molecular formula is C19H22BrN7O6. The highest BCUT2D eigenvalue weighted by molar-refractivity contribution is 9.10. The quantitative estimate of drug-likeness (QED) is 0.180. The number of aliphatic hydroxyl groups is 3. The first-order chi connectivity index (χ1) is 15.8. The highest BCUT2D eigenvalue weighted by Crippen LogP contribution is 2.34. The van der Waals surface area contributed by atoms with Crippen molar-refractivity contribution in [1.29, 1.82) is 0 Å². The number of halogens is 1. The lowest BCUT2D eigenvalue weighted by atomic mass is 10.1. The Hall–Kier alpha value is -3.04. The lowest BCUT2D eigenvalue weighted by molar-refractivity contribution is -0.0501. The molecule has 14 heteroatoms. The predicted octanol–water partition coefficient (Wildman–Crippen LogP) is -0.0795. The minimum atomic E-state index is -1.44. The van der Waals surface area contributed by atoms with Gasteiger partial charge in [-0.2, -0.15) is 10.1 Å². The molecule has 0 aliphatic carbocycles. The molecule has 0 amide bonds. The normalized spacial score (nSPS) is 22.9. The van der Waals surface area contributed by atoms with Crippen molar-refractivity contribution in [3.8, 4) is 5.75 Å². The summed E-state index contributed by atoms with van der Waals surface area (Å²) in [7, 11) is 0. The van der Waals surface area contributed by atoms with Gasteiger partial charge in [-0.15, -0.1) is 0 Å². The van der Waals surface area contributed by atoms with Gasteiger partial charge in [0.2, 0.25) is 11.9 Å². The van der Waals surface area contributed by atoms with Crippen LogP contribution in [0.15, 0.2) is 32.6 Å². The molecular weight excluding hydrogens is 502 g/mol. The number of imidazole rings is 1. The van der Waals surface area contributed by atoms with Crippen molar-refractivity contribution < 1.29 is 24.8 Å². The zero-order valence-electron chi connectivity index (χ0n) is 17.3. The van der Waals surface area contributed by atoms with Crippen LogP contribution in [-0.2, 0) is 4.74 Å². The SMILES string of the molecule is CCOc1ccc(Br)cc1/C=N\Nc1nc2c(=O)[nH]c(N)nc2n1[C@@H]1O[C@H](CO)[C@@H](O)[C@H]1O. The molecule has 3 heterocycles. The van der Waals surface area contributed by atoms with Gasteiger partial charge in [0, 0.05) is 10.0 Å². The number of nitrogens with one attached hydrogen (secondary N) is 2. The molecule has 1 aliphatic heterocycles. The van der Waals surface area contributed by atoms with Crippen LogP contribution in [0.5, 0.6) is 5.75 Å². The van der Waals surface area contributed by atoms with Gasteiger partial charge in [-0.05, 0) is 25.1 Å². The largest absolute Gasteiger partial charge is 0.493 e. The van der Waals surface area contributed by atoms with Gasteiger partial charge < -0.3 is 30.5 Å². The second kappa shape index (κ2) is 9.44. The first kappa shape index (κ1) is 23.1. The lowest BCUT2D eigenvalue weighted by Gasteiger charge is -2.18. The molecule has 0 saturated carbocycles. The molecule has 33 heavy (non-hydrogen) atoms. The van der Waals surface area contributed by atoms with Crippen molar-refractivity contribution >= 4 is 45.2 Å². The van der Waals surface area contributed by atoms with E-state index in [1.165, 1.54) is 10.8 Å². The average molecular weight is 524 g/mol. The standard InChI is InChI=1S/C19H22BrN7O6/c1-2-32-10-4-3-9(20)5-8(10)6-22-26-19-23-12-15(24-18(21)25-16(12)31)27(19)17-14(30)13(29)11(7-28)33-17/h3-6,11,13-14,17,28-30H,2,7H2,1H3,(H,23,26)(H3,21,24,25,31)/b22-6-/t11-,13-,14-,17-/m1/s1. The van der Waals surface area contributed by atoms with Crippen LogP contribution in [0.1, 0.15) is 18.7 Å². The smallest absolute Gasteiger partial charge is 0.280 e. The Bertz CT molecular complexity index is 1250. The number of nitrogen functional groups attached to an aromatic ring is 1. The summed E-state index contributed by atoms with van der Waals surface area (Å²) >= 11 is 3.40. The molecule has 176 valence electrons. The van der Waals surface area contributed by atoms with Gasteiger partial charge in [-0.25, -0.2) is 10.4 Å². The van der Waals surface area contributed by atoms with Crippen molar-refractivity contribution in [3.05, 3.63) is 38.6 Å². The minimum absolute atomic E-state index is 0.00116. The topological polar surface area (TPSA) is 193 Å². The molecule has 0 unspecified atom stereocenters. The molecule has 1 fully saturated rings. The first-order valence-corrected chi connectivity index (χ1v) is 10.7. The van der Waals surface area contributed by atoms with Crippen LogP contribution in [0.2, 0.25) is 0 Å². The van der Waals surface area contributed by atoms with Crippen molar-refractivity contribution in [2.75, 3.05) is 24.4 Å². The van der Waals surface area contributed by atoms with Crippen LogP contribution >= 0.6 is 15.9 Å². The Morgan fingerprint density at radius 1 is 1.39 bits per heavy atom. The van der Waals surface area contributed by atoms with Gasteiger partial charge in [0.05, 0.1) is 19.4 Å². The number of hydrogen-bond donors (Lipinski definition) is 6. The molecule has 0 radical (unpaired) electrons. The highest BCUT2D eigenvalue weighted by Gasteiger charge is 2.45. The number of nitrogens with two attached hydrogens (primary N) is 1. The summed E-state index contributed by atoms with van der Waals surface area (Å²) in [5, 5.41) is 34.3. The molecule has 1 saturated heterocycles. The Labute approximate surface area is 195 Å². The molecule has 4 rings (SSSR count). The zero-order chi connectivity index (χ0) is 23.7. The number of aliphatic hydroxyl groups excluding tert-OH is 3. The Balaban J connectivity index is 1.75. The Kier molecular flexibility index (Phi) is 6.62. The van der Waals surface area contributed by atoms with Crippen LogP contribution in [-0.4, -0.2) is 72.6 Å². The summed E-state index contributed by atoms with van der Waals surface area (Å²) in [6.07, 6.45) is -3.60. The summed E-state index contributed by atoms with van der Waals surface area (Å²) in [4.78, 5) is 23.0. The van der Waals surface area contributed by atoms with Crippen molar-refractivity contribution in [2.45, 2.75) is 31.5 Å². The molecule has 1 aliphatic rings. The molecule has 0 spiro atoms. The van der Waals surface area contributed by atoms with Crippen LogP contribution in [0.25, 0.3) is 11.2 Å².